The summed E-state index contributed by atoms with van der Waals surface area (Å²) in [5, 5.41) is 2.54. The Labute approximate surface area is 152 Å². The highest BCUT2D eigenvalue weighted by atomic mass is 16.6. The summed E-state index contributed by atoms with van der Waals surface area (Å²) in [7, 11) is 3.47. The highest BCUT2D eigenvalue weighted by Crippen LogP contribution is 2.42. The van der Waals surface area contributed by atoms with Crippen LogP contribution in [0.5, 0.6) is 0 Å². The molecule has 0 heterocycles. The van der Waals surface area contributed by atoms with Crippen LogP contribution in [0.25, 0.3) is 0 Å². The maximum atomic E-state index is 12.7. The SMILES string of the molecule is CCC1=C[C@@H](COC(C)=O)CC(C(=O)OC)(C(=O)OC)C1NC(=O)OC. The van der Waals surface area contributed by atoms with Gasteiger partial charge in [-0.3, -0.25) is 14.4 Å². The molecule has 146 valence electrons. The van der Waals surface area contributed by atoms with Crippen LogP contribution in [-0.4, -0.2) is 58.0 Å². The average Bonchev–Trinajstić information content (AvgIpc) is 2.64. The topological polar surface area (TPSA) is 117 Å². The summed E-state index contributed by atoms with van der Waals surface area (Å²) in [5.41, 5.74) is -1.21. The average molecular weight is 371 g/mol. The molecule has 0 fully saturated rings. The molecule has 0 bridgehead atoms. The van der Waals surface area contributed by atoms with Gasteiger partial charge in [0.1, 0.15) is 0 Å². The van der Waals surface area contributed by atoms with Gasteiger partial charge in [0.2, 0.25) is 0 Å². The van der Waals surface area contributed by atoms with Crippen LogP contribution in [0.15, 0.2) is 11.6 Å². The van der Waals surface area contributed by atoms with Crippen molar-refractivity contribution in [3.63, 3.8) is 0 Å². The van der Waals surface area contributed by atoms with Gasteiger partial charge < -0.3 is 24.3 Å². The molecule has 26 heavy (non-hydrogen) atoms. The summed E-state index contributed by atoms with van der Waals surface area (Å²) in [4.78, 5) is 48.3. The zero-order chi connectivity index (χ0) is 19.9. The molecule has 1 rings (SSSR count). The summed E-state index contributed by atoms with van der Waals surface area (Å²) in [6, 6.07) is -1.01. The Hall–Kier alpha value is -2.58. The first-order chi connectivity index (χ1) is 12.3. The minimum Gasteiger partial charge on any atom is -0.468 e. The number of ether oxygens (including phenoxy) is 4. The first-order valence-corrected chi connectivity index (χ1v) is 8.12. The molecule has 0 spiro atoms. The van der Waals surface area contributed by atoms with Gasteiger partial charge in [-0.25, -0.2) is 4.79 Å². The standard InChI is InChI=1S/C17H25NO8/c1-6-12-7-11(9-26-10(2)19)8-17(14(20)23-3,15(21)24-4)13(12)18-16(22)25-5/h7,11,13H,6,8-9H2,1-5H3,(H,18,22)/t11-,13?/m1/s1. The van der Waals surface area contributed by atoms with Gasteiger partial charge in [0.25, 0.3) is 0 Å². The molecule has 0 aliphatic heterocycles. The highest BCUT2D eigenvalue weighted by Gasteiger charge is 2.59. The third kappa shape index (κ3) is 4.33. The predicted octanol–water partition coefficient (Wildman–Crippen LogP) is 0.963. The number of hydrogen-bond acceptors (Lipinski definition) is 8. The van der Waals surface area contributed by atoms with Gasteiger partial charge in [-0.1, -0.05) is 13.0 Å². The molecule has 1 amide bonds. The van der Waals surface area contributed by atoms with Crippen molar-refractivity contribution >= 4 is 24.0 Å². The van der Waals surface area contributed by atoms with Crippen LogP contribution in [0.3, 0.4) is 0 Å². The normalized spacial score (nSPS) is 21.0. The zero-order valence-electron chi connectivity index (χ0n) is 15.6. The minimum atomic E-state index is -1.82. The van der Waals surface area contributed by atoms with Gasteiger partial charge in [0.15, 0.2) is 5.41 Å². The van der Waals surface area contributed by atoms with Gasteiger partial charge in [-0.05, 0) is 18.4 Å². The van der Waals surface area contributed by atoms with Crippen LogP contribution < -0.4 is 5.32 Å². The van der Waals surface area contributed by atoms with Crippen LogP contribution in [-0.2, 0) is 33.3 Å². The number of nitrogens with one attached hydrogen (secondary N) is 1. The molecular weight excluding hydrogens is 346 g/mol. The van der Waals surface area contributed by atoms with Gasteiger partial charge in [-0.15, -0.1) is 0 Å². The lowest BCUT2D eigenvalue weighted by molar-refractivity contribution is -0.173. The second kappa shape index (κ2) is 9.21. The summed E-state index contributed by atoms with van der Waals surface area (Å²) >= 11 is 0. The van der Waals surface area contributed by atoms with Gasteiger partial charge >= 0.3 is 24.0 Å². The van der Waals surface area contributed by atoms with E-state index in [1.165, 1.54) is 14.0 Å². The van der Waals surface area contributed by atoms with Gasteiger partial charge in [-0.2, -0.15) is 0 Å². The molecule has 1 aliphatic rings. The Morgan fingerprint density at radius 3 is 2.12 bits per heavy atom. The maximum Gasteiger partial charge on any atom is 0.407 e. The molecule has 0 aromatic heterocycles. The fourth-order valence-corrected chi connectivity index (χ4v) is 3.20. The first-order valence-electron chi connectivity index (χ1n) is 8.12. The summed E-state index contributed by atoms with van der Waals surface area (Å²) in [5.74, 6) is -2.61. The quantitative estimate of drug-likeness (QED) is 0.318. The summed E-state index contributed by atoms with van der Waals surface area (Å²) in [6.07, 6.45) is 1.36. The number of hydrogen-bond donors (Lipinski definition) is 1. The fourth-order valence-electron chi connectivity index (χ4n) is 3.20. The van der Waals surface area contributed by atoms with Crippen molar-refractivity contribution in [2.24, 2.45) is 11.3 Å². The van der Waals surface area contributed by atoms with Crippen molar-refractivity contribution in [1.82, 2.24) is 5.32 Å². The van der Waals surface area contributed by atoms with E-state index in [-0.39, 0.29) is 13.0 Å². The molecule has 0 saturated carbocycles. The van der Waals surface area contributed by atoms with Crippen molar-refractivity contribution in [3.8, 4) is 0 Å². The number of amides is 1. The molecule has 0 saturated heterocycles. The molecule has 9 heteroatoms. The van der Waals surface area contributed by atoms with Crippen molar-refractivity contribution < 1.29 is 38.1 Å². The van der Waals surface area contributed by atoms with E-state index in [1.807, 2.05) is 6.92 Å². The van der Waals surface area contributed by atoms with E-state index in [4.69, 9.17) is 14.2 Å². The monoisotopic (exact) mass is 371 g/mol. The van der Waals surface area contributed by atoms with Crippen molar-refractivity contribution in [1.29, 1.82) is 0 Å². The predicted molar refractivity (Wildman–Crippen MR) is 88.9 cm³/mol. The number of alkyl carbamates (subject to hydrolysis) is 1. The van der Waals surface area contributed by atoms with E-state index in [0.717, 1.165) is 14.2 Å². The van der Waals surface area contributed by atoms with Crippen molar-refractivity contribution in [2.75, 3.05) is 27.9 Å². The van der Waals surface area contributed by atoms with E-state index >= 15 is 0 Å². The molecule has 9 nitrogen and oxygen atoms in total. The van der Waals surface area contributed by atoms with Crippen LogP contribution in [0.1, 0.15) is 26.7 Å². The molecule has 1 N–H and O–H groups in total. The lowest BCUT2D eigenvalue weighted by atomic mass is 9.66. The third-order valence-electron chi connectivity index (χ3n) is 4.35. The summed E-state index contributed by atoms with van der Waals surface area (Å²) < 4.78 is 19.4. The number of carbonyl (C=O) groups is 4. The minimum absolute atomic E-state index is 0.0144. The molecular formula is C17H25NO8. The molecule has 2 atom stereocenters. The van der Waals surface area contributed by atoms with E-state index in [2.05, 4.69) is 10.1 Å². The molecule has 0 aromatic carbocycles. The number of methoxy groups -OCH3 is 3. The Kier molecular flexibility index (Phi) is 7.60. The van der Waals surface area contributed by atoms with E-state index in [1.54, 1.807) is 6.08 Å². The summed E-state index contributed by atoms with van der Waals surface area (Å²) in [6.45, 7) is 3.06. The Balaban J connectivity index is 3.46. The van der Waals surface area contributed by atoms with E-state index < -0.39 is 41.4 Å². The largest absolute Gasteiger partial charge is 0.468 e. The first kappa shape index (κ1) is 21.5. The van der Waals surface area contributed by atoms with Gasteiger partial charge in [0.05, 0.1) is 34.0 Å². The van der Waals surface area contributed by atoms with E-state index in [0.29, 0.717) is 12.0 Å². The lowest BCUT2D eigenvalue weighted by Crippen LogP contribution is -2.60. The highest BCUT2D eigenvalue weighted by molar-refractivity contribution is 6.02. The van der Waals surface area contributed by atoms with Crippen molar-refractivity contribution in [3.05, 3.63) is 11.6 Å². The second-order valence-electron chi connectivity index (χ2n) is 5.89. The Morgan fingerprint density at radius 1 is 1.12 bits per heavy atom. The molecule has 0 radical (unpaired) electrons. The molecule has 0 aromatic rings. The molecule has 1 unspecified atom stereocenters. The number of esters is 3. The van der Waals surface area contributed by atoms with E-state index in [9.17, 15) is 19.2 Å². The number of carbonyl (C=O) groups excluding carboxylic acids is 4. The van der Waals surface area contributed by atoms with Crippen LogP contribution in [0.2, 0.25) is 0 Å². The molecule has 1 aliphatic carbocycles. The zero-order valence-corrected chi connectivity index (χ0v) is 15.6. The third-order valence-corrected chi connectivity index (χ3v) is 4.35. The maximum absolute atomic E-state index is 12.7. The number of rotatable bonds is 6. The smallest absolute Gasteiger partial charge is 0.407 e. The van der Waals surface area contributed by atoms with Crippen LogP contribution in [0.4, 0.5) is 4.79 Å². The fraction of sp³-hybridized carbons (Fsp3) is 0.647. The lowest BCUT2D eigenvalue weighted by Gasteiger charge is -2.42. The Bertz CT molecular complexity index is 582. The second-order valence-corrected chi connectivity index (χ2v) is 5.89. The Morgan fingerprint density at radius 2 is 1.69 bits per heavy atom. The van der Waals surface area contributed by atoms with Crippen molar-refractivity contribution in [2.45, 2.75) is 32.7 Å². The van der Waals surface area contributed by atoms with Crippen LogP contribution in [0, 0.1) is 11.3 Å². The van der Waals surface area contributed by atoms with Crippen LogP contribution >= 0.6 is 0 Å². The van der Waals surface area contributed by atoms with Gasteiger partial charge in [0, 0.05) is 12.8 Å².